The first-order chi connectivity index (χ1) is 13.4. The van der Waals surface area contributed by atoms with Crippen molar-refractivity contribution in [3.05, 3.63) is 65.2 Å². The van der Waals surface area contributed by atoms with Gasteiger partial charge in [-0.05, 0) is 48.9 Å². The molecular weight excluding hydrogens is 362 g/mol. The van der Waals surface area contributed by atoms with E-state index in [-0.39, 0.29) is 17.0 Å². The predicted molar refractivity (Wildman–Crippen MR) is 103 cm³/mol. The molecule has 0 unspecified atom stereocenters. The van der Waals surface area contributed by atoms with Crippen molar-refractivity contribution >= 4 is 29.4 Å². The number of esters is 1. The largest absolute Gasteiger partial charge is 0.465 e. The molecular formula is C20H21N3O5. The predicted octanol–water partition coefficient (Wildman–Crippen LogP) is 2.29. The van der Waals surface area contributed by atoms with E-state index in [1.165, 1.54) is 43.5 Å². The molecule has 0 bridgehead atoms. The van der Waals surface area contributed by atoms with Crippen LogP contribution in [0.2, 0.25) is 0 Å². The molecule has 0 radical (unpaired) electrons. The Morgan fingerprint density at radius 2 is 1.46 bits per heavy atom. The molecule has 0 heterocycles. The average molecular weight is 383 g/mol. The standard InChI is InChI=1S/C20H21N3O5/c1-3-5-17(24)21-16-10-8-13(9-11-16)18(25)22-23-19(26)14-6-4-7-15(12-14)20(27)28-2/h4,6-12H,3,5H2,1-2H3,(H,21,24)(H,22,25)(H,23,26). The maximum absolute atomic E-state index is 12.2. The molecule has 2 aromatic rings. The quantitative estimate of drug-likeness (QED) is 0.523. The highest BCUT2D eigenvalue weighted by atomic mass is 16.5. The first-order valence-corrected chi connectivity index (χ1v) is 8.63. The summed E-state index contributed by atoms with van der Waals surface area (Å²) >= 11 is 0. The van der Waals surface area contributed by atoms with Crippen molar-refractivity contribution < 1.29 is 23.9 Å². The lowest BCUT2D eigenvalue weighted by Gasteiger charge is -2.09. The molecule has 8 heteroatoms. The van der Waals surface area contributed by atoms with Crippen LogP contribution in [0.3, 0.4) is 0 Å². The lowest BCUT2D eigenvalue weighted by molar-refractivity contribution is -0.116. The summed E-state index contributed by atoms with van der Waals surface area (Å²) in [6.45, 7) is 1.91. The van der Waals surface area contributed by atoms with Crippen LogP contribution in [-0.2, 0) is 9.53 Å². The van der Waals surface area contributed by atoms with Gasteiger partial charge in [0.05, 0.1) is 12.7 Å². The van der Waals surface area contributed by atoms with Gasteiger partial charge in [-0.2, -0.15) is 0 Å². The number of hydrogen-bond donors (Lipinski definition) is 3. The summed E-state index contributed by atoms with van der Waals surface area (Å²) in [5.41, 5.74) is 5.88. The van der Waals surface area contributed by atoms with Gasteiger partial charge in [0.15, 0.2) is 0 Å². The van der Waals surface area contributed by atoms with Crippen molar-refractivity contribution in [1.82, 2.24) is 10.9 Å². The Morgan fingerprint density at radius 3 is 2.07 bits per heavy atom. The van der Waals surface area contributed by atoms with E-state index in [4.69, 9.17) is 0 Å². The van der Waals surface area contributed by atoms with E-state index < -0.39 is 17.8 Å². The van der Waals surface area contributed by atoms with Crippen molar-refractivity contribution in [2.75, 3.05) is 12.4 Å². The van der Waals surface area contributed by atoms with Crippen LogP contribution in [0, 0.1) is 0 Å². The van der Waals surface area contributed by atoms with Gasteiger partial charge in [-0.25, -0.2) is 4.79 Å². The van der Waals surface area contributed by atoms with Crippen LogP contribution in [0.1, 0.15) is 50.8 Å². The number of ether oxygens (including phenoxy) is 1. The van der Waals surface area contributed by atoms with Crippen molar-refractivity contribution in [2.24, 2.45) is 0 Å². The second-order valence-corrected chi connectivity index (χ2v) is 5.86. The molecule has 28 heavy (non-hydrogen) atoms. The fraction of sp³-hybridized carbons (Fsp3) is 0.200. The number of carbonyl (C=O) groups is 4. The summed E-state index contributed by atoms with van der Waals surface area (Å²) < 4.78 is 4.61. The van der Waals surface area contributed by atoms with Crippen LogP contribution < -0.4 is 16.2 Å². The number of nitrogens with one attached hydrogen (secondary N) is 3. The normalized spacial score (nSPS) is 9.93. The summed E-state index contributed by atoms with van der Waals surface area (Å²) in [4.78, 5) is 47.4. The van der Waals surface area contributed by atoms with Crippen LogP contribution in [0.15, 0.2) is 48.5 Å². The van der Waals surface area contributed by atoms with Crippen molar-refractivity contribution in [3.63, 3.8) is 0 Å². The zero-order chi connectivity index (χ0) is 20.5. The molecule has 0 aliphatic heterocycles. The Morgan fingerprint density at radius 1 is 0.857 bits per heavy atom. The Hall–Kier alpha value is -3.68. The van der Waals surface area contributed by atoms with E-state index in [0.717, 1.165) is 6.42 Å². The van der Waals surface area contributed by atoms with Crippen LogP contribution in [-0.4, -0.2) is 30.8 Å². The highest BCUT2D eigenvalue weighted by Gasteiger charge is 2.12. The van der Waals surface area contributed by atoms with Gasteiger partial charge in [0.25, 0.3) is 11.8 Å². The number of benzene rings is 2. The molecule has 3 amide bonds. The van der Waals surface area contributed by atoms with Crippen LogP contribution in [0.4, 0.5) is 5.69 Å². The van der Waals surface area contributed by atoms with E-state index in [9.17, 15) is 19.2 Å². The van der Waals surface area contributed by atoms with E-state index in [1.54, 1.807) is 12.1 Å². The Labute approximate surface area is 162 Å². The van der Waals surface area contributed by atoms with E-state index in [0.29, 0.717) is 17.7 Å². The number of carbonyl (C=O) groups excluding carboxylic acids is 4. The molecule has 0 saturated heterocycles. The fourth-order valence-corrected chi connectivity index (χ4v) is 2.32. The molecule has 0 aliphatic rings. The summed E-state index contributed by atoms with van der Waals surface area (Å²) in [5.74, 6) is -1.77. The van der Waals surface area contributed by atoms with Crippen LogP contribution >= 0.6 is 0 Å². The number of anilines is 1. The molecule has 3 N–H and O–H groups in total. The summed E-state index contributed by atoms with van der Waals surface area (Å²) in [6.07, 6.45) is 1.17. The Kier molecular flexibility index (Phi) is 7.27. The summed E-state index contributed by atoms with van der Waals surface area (Å²) in [7, 11) is 1.25. The lowest BCUT2D eigenvalue weighted by atomic mass is 10.1. The molecule has 146 valence electrons. The number of methoxy groups -OCH3 is 1. The summed E-state index contributed by atoms with van der Waals surface area (Å²) in [5, 5.41) is 2.72. The van der Waals surface area contributed by atoms with Crippen LogP contribution in [0.5, 0.6) is 0 Å². The van der Waals surface area contributed by atoms with E-state index >= 15 is 0 Å². The molecule has 2 aromatic carbocycles. The monoisotopic (exact) mass is 383 g/mol. The second-order valence-electron chi connectivity index (χ2n) is 5.86. The smallest absolute Gasteiger partial charge is 0.337 e. The van der Waals surface area contributed by atoms with E-state index in [1.807, 2.05) is 6.92 Å². The molecule has 0 aliphatic carbocycles. The Bertz CT molecular complexity index is 878. The zero-order valence-electron chi connectivity index (χ0n) is 15.6. The van der Waals surface area contributed by atoms with Crippen LogP contribution in [0.25, 0.3) is 0 Å². The SMILES string of the molecule is CCCC(=O)Nc1ccc(C(=O)NNC(=O)c2cccc(C(=O)OC)c2)cc1. The zero-order valence-corrected chi connectivity index (χ0v) is 15.6. The molecule has 0 aromatic heterocycles. The third kappa shape index (κ3) is 5.66. The molecule has 8 nitrogen and oxygen atoms in total. The van der Waals surface area contributed by atoms with Gasteiger partial charge < -0.3 is 10.1 Å². The molecule has 0 saturated carbocycles. The summed E-state index contributed by atoms with van der Waals surface area (Å²) in [6, 6.07) is 12.2. The third-order valence-electron chi connectivity index (χ3n) is 3.74. The number of amides is 3. The minimum atomic E-state index is -0.581. The number of hydrogen-bond acceptors (Lipinski definition) is 5. The third-order valence-corrected chi connectivity index (χ3v) is 3.74. The van der Waals surface area contributed by atoms with Gasteiger partial charge in [0.2, 0.25) is 5.91 Å². The van der Waals surface area contributed by atoms with Crippen molar-refractivity contribution in [3.8, 4) is 0 Å². The molecule has 0 spiro atoms. The lowest BCUT2D eigenvalue weighted by Crippen LogP contribution is -2.41. The minimum Gasteiger partial charge on any atom is -0.465 e. The average Bonchev–Trinajstić information content (AvgIpc) is 2.72. The second kappa shape index (κ2) is 9.86. The number of rotatable bonds is 6. The first kappa shape index (κ1) is 20.6. The molecule has 2 rings (SSSR count). The maximum atomic E-state index is 12.2. The van der Waals surface area contributed by atoms with Gasteiger partial charge >= 0.3 is 5.97 Å². The van der Waals surface area contributed by atoms with Crippen molar-refractivity contribution in [1.29, 1.82) is 0 Å². The molecule has 0 fully saturated rings. The number of hydrazine groups is 1. The maximum Gasteiger partial charge on any atom is 0.337 e. The van der Waals surface area contributed by atoms with Gasteiger partial charge in [0, 0.05) is 23.2 Å². The topological polar surface area (TPSA) is 114 Å². The van der Waals surface area contributed by atoms with Gasteiger partial charge in [-0.1, -0.05) is 13.0 Å². The first-order valence-electron chi connectivity index (χ1n) is 8.63. The highest BCUT2D eigenvalue weighted by molar-refractivity contribution is 6.01. The van der Waals surface area contributed by atoms with E-state index in [2.05, 4.69) is 20.9 Å². The van der Waals surface area contributed by atoms with Gasteiger partial charge in [-0.15, -0.1) is 0 Å². The highest BCUT2D eigenvalue weighted by Crippen LogP contribution is 2.10. The van der Waals surface area contributed by atoms with Gasteiger partial charge in [-0.3, -0.25) is 25.2 Å². The van der Waals surface area contributed by atoms with Crippen molar-refractivity contribution in [2.45, 2.75) is 19.8 Å². The fourth-order valence-electron chi connectivity index (χ4n) is 2.32. The van der Waals surface area contributed by atoms with Gasteiger partial charge in [0.1, 0.15) is 0 Å². The Balaban J connectivity index is 1.93. The minimum absolute atomic E-state index is 0.0962. The molecule has 0 atom stereocenters.